The molecule has 0 bridgehead atoms. The maximum absolute atomic E-state index is 15.5. The predicted molar refractivity (Wildman–Crippen MR) is 186 cm³/mol. The van der Waals surface area contributed by atoms with Crippen molar-refractivity contribution in [1.29, 1.82) is 5.26 Å². The summed E-state index contributed by atoms with van der Waals surface area (Å²) in [5.41, 5.74) is -0.364. The molecule has 0 N–H and O–H groups in total. The molecule has 3 fully saturated rings. The van der Waals surface area contributed by atoms with Crippen LogP contribution in [0.5, 0.6) is 23.0 Å². The van der Waals surface area contributed by atoms with Crippen LogP contribution in [0.1, 0.15) is 36.5 Å². The number of sulfonamides is 1. The Morgan fingerprint density at radius 1 is 0.860 bits per heavy atom. The summed E-state index contributed by atoms with van der Waals surface area (Å²) in [5, 5.41) is 10.1. The molecule has 1 unspecified atom stereocenters. The van der Waals surface area contributed by atoms with E-state index in [-0.39, 0.29) is 21.7 Å². The average Bonchev–Trinajstić information content (AvgIpc) is 3.35. The van der Waals surface area contributed by atoms with E-state index in [1.807, 2.05) is 6.92 Å². The van der Waals surface area contributed by atoms with Crippen molar-refractivity contribution in [2.75, 3.05) is 78.6 Å². The van der Waals surface area contributed by atoms with Crippen molar-refractivity contribution >= 4 is 21.6 Å². The molecule has 0 saturated carbocycles. The first kappa shape index (κ1) is 34.1. The number of hydrogen-bond acceptors (Lipinski definition) is 11. The molecule has 0 radical (unpaired) electrons. The Morgan fingerprint density at radius 3 is 2.18 bits per heavy atom. The summed E-state index contributed by atoms with van der Waals surface area (Å²) in [6.45, 7) is 7.26. The van der Waals surface area contributed by atoms with E-state index in [4.69, 9.17) is 18.9 Å². The maximum Gasteiger partial charge on any atom is 0.274 e. The Kier molecular flexibility index (Phi) is 8.71. The van der Waals surface area contributed by atoms with Crippen LogP contribution in [0, 0.1) is 16.7 Å². The number of hydrogen-bond donors (Lipinski definition) is 0. The molecule has 264 valence electrons. The second-order valence-electron chi connectivity index (χ2n) is 13.7. The Morgan fingerprint density at radius 2 is 1.54 bits per heavy atom. The lowest BCUT2D eigenvalue weighted by molar-refractivity contribution is -0.169. The standard InChI is InChI=1S/C37H43N5O7S/c1-6-49-32-11-8-27(46-3)18-30(32)37(41-23-36(24-41)21-40(22-36)26-13-15-39(2)16-14-26)29-17-25(20-38)7-10-31(29)42(35(37)43)50(44,45)34-12-9-28(47-4)19-33(34)48-5/h7-12,17-19,26H,6,13-16,21-24H2,1-5H3. The largest absolute Gasteiger partial charge is 0.497 e. The van der Waals surface area contributed by atoms with E-state index in [9.17, 15) is 13.7 Å². The summed E-state index contributed by atoms with van der Waals surface area (Å²) in [5.74, 6) is 0.668. The first-order valence-corrected chi connectivity index (χ1v) is 18.3. The highest BCUT2D eigenvalue weighted by Gasteiger charge is 2.67. The second-order valence-corrected chi connectivity index (χ2v) is 15.5. The number of nitriles is 1. The van der Waals surface area contributed by atoms with Crippen molar-refractivity contribution in [3.63, 3.8) is 0 Å². The molecular formula is C37H43N5O7S. The van der Waals surface area contributed by atoms with Gasteiger partial charge in [-0.15, -0.1) is 0 Å². The summed E-state index contributed by atoms with van der Waals surface area (Å²) in [6.07, 6.45) is 2.26. The average molecular weight is 702 g/mol. The molecule has 0 aliphatic carbocycles. The Labute approximate surface area is 293 Å². The van der Waals surface area contributed by atoms with Gasteiger partial charge in [-0.3, -0.25) is 14.6 Å². The lowest BCUT2D eigenvalue weighted by atomic mass is 9.67. The van der Waals surface area contributed by atoms with Gasteiger partial charge >= 0.3 is 0 Å². The van der Waals surface area contributed by atoms with Crippen LogP contribution in [-0.2, 0) is 20.4 Å². The van der Waals surface area contributed by atoms with E-state index in [1.54, 1.807) is 37.4 Å². The highest BCUT2D eigenvalue weighted by molar-refractivity contribution is 7.93. The normalized spacial score (nSPS) is 22.4. The number of piperidine rings is 1. The fourth-order valence-corrected chi connectivity index (χ4v) is 9.94. The van der Waals surface area contributed by atoms with Crippen LogP contribution in [-0.4, -0.2) is 109 Å². The van der Waals surface area contributed by atoms with E-state index in [0.29, 0.717) is 59.7 Å². The summed E-state index contributed by atoms with van der Waals surface area (Å²) in [7, 11) is 1.98. The number of anilines is 1. The molecule has 3 saturated heterocycles. The van der Waals surface area contributed by atoms with Crippen LogP contribution < -0.4 is 23.3 Å². The summed E-state index contributed by atoms with van der Waals surface area (Å²) in [4.78, 5) is 22.3. The van der Waals surface area contributed by atoms with Gasteiger partial charge in [-0.25, -0.2) is 12.7 Å². The van der Waals surface area contributed by atoms with Gasteiger partial charge in [0.15, 0.2) is 5.54 Å². The Hall–Kier alpha value is -4.35. The first-order valence-electron chi connectivity index (χ1n) is 16.9. The number of rotatable bonds is 10. The van der Waals surface area contributed by atoms with Gasteiger partial charge in [-0.05, 0) is 88.4 Å². The van der Waals surface area contributed by atoms with Gasteiger partial charge in [0.05, 0.1) is 45.3 Å². The molecule has 7 rings (SSSR count). The third-order valence-corrected chi connectivity index (χ3v) is 12.5. The zero-order chi connectivity index (χ0) is 35.4. The van der Waals surface area contributed by atoms with Gasteiger partial charge in [-0.1, -0.05) is 0 Å². The summed E-state index contributed by atoms with van der Waals surface area (Å²) in [6, 6.07) is 17.1. The molecule has 50 heavy (non-hydrogen) atoms. The molecule has 1 spiro atoms. The van der Waals surface area contributed by atoms with Gasteiger partial charge in [0.2, 0.25) is 0 Å². The molecule has 4 aliphatic heterocycles. The molecule has 13 heteroatoms. The van der Waals surface area contributed by atoms with E-state index in [0.717, 1.165) is 43.3 Å². The number of carbonyl (C=O) groups is 1. The SMILES string of the molecule is CCOc1ccc(OC)cc1C1(N2CC3(CN(C4CCN(C)CC4)C3)C2)C(=O)N(S(=O)(=O)c2ccc(OC)cc2OC)c2ccc(C#N)cc21. The van der Waals surface area contributed by atoms with Crippen molar-refractivity contribution < 1.29 is 32.2 Å². The minimum Gasteiger partial charge on any atom is -0.497 e. The molecule has 12 nitrogen and oxygen atoms in total. The van der Waals surface area contributed by atoms with Gasteiger partial charge in [0.25, 0.3) is 15.9 Å². The van der Waals surface area contributed by atoms with Gasteiger partial charge in [-0.2, -0.15) is 5.26 Å². The van der Waals surface area contributed by atoms with E-state index < -0.39 is 21.5 Å². The number of benzene rings is 3. The number of fused-ring (bicyclic) bond motifs is 1. The van der Waals surface area contributed by atoms with Crippen LogP contribution in [0.15, 0.2) is 59.5 Å². The molecule has 4 aliphatic rings. The smallest absolute Gasteiger partial charge is 0.274 e. The van der Waals surface area contributed by atoms with Crippen molar-refractivity contribution in [3.05, 3.63) is 71.3 Å². The maximum atomic E-state index is 15.5. The van der Waals surface area contributed by atoms with Crippen LogP contribution >= 0.6 is 0 Å². The number of carbonyl (C=O) groups excluding carboxylic acids is 1. The van der Waals surface area contributed by atoms with Crippen molar-refractivity contribution in [2.24, 2.45) is 5.41 Å². The topological polar surface area (TPSA) is 125 Å². The number of nitrogens with zero attached hydrogens (tertiary/aromatic N) is 5. The molecule has 4 heterocycles. The fourth-order valence-electron chi connectivity index (χ4n) is 8.34. The first-order chi connectivity index (χ1) is 24.0. The predicted octanol–water partition coefficient (Wildman–Crippen LogP) is 3.67. The number of amides is 1. The fraction of sp³-hybridized carbons (Fsp3) is 0.459. The second kappa shape index (κ2) is 12.8. The van der Waals surface area contributed by atoms with Crippen LogP contribution in [0.25, 0.3) is 0 Å². The number of likely N-dealkylation sites (tertiary alicyclic amines) is 3. The van der Waals surface area contributed by atoms with Crippen molar-refractivity contribution in [2.45, 2.75) is 36.2 Å². The Balaban J connectivity index is 1.38. The minimum absolute atomic E-state index is 0.0348. The van der Waals surface area contributed by atoms with E-state index >= 15 is 4.79 Å². The quantitative estimate of drug-likeness (QED) is 0.308. The molecule has 3 aromatic rings. The number of ether oxygens (including phenoxy) is 4. The summed E-state index contributed by atoms with van der Waals surface area (Å²) >= 11 is 0. The van der Waals surface area contributed by atoms with E-state index in [2.05, 4.69) is 27.8 Å². The highest BCUT2D eigenvalue weighted by atomic mass is 32.2. The monoisotopic (exact) mass is 701 g/mol. The molecular weight excluding hydrogens is 659 g/mol. The minimum atomic E-state index is -4.56. The lowest BCUT2D eigenvalue weighted by Crippen LogP contribution is -2.77. The molecule has 1 atom stereocenters. The van der Waals surface area contributed by atoms with Crippen LogP contribution in [0.2, 0.25) is 0 Å². The van der Waals surface area contributed by atoms with Gasteiger partial charge < -0.3 is 23.8 Å². The zero-order valence-electron chi connectivity index (χ0n) is 29.1. The summed E-state index contributed by atoms with van der Waals surface area (Å²) < 4.78 is 53.1. The molecule has 1 amide bonds. The van der Waals surface area contributed by atoms with Gasteiger partial charge in [0, 0.05) is 54.8 Å². The highest BCUT2D eigenvalue weighted by Crippen LogP contribution is 2.58. The van der Waals surface area contributed by atoms with Crippen LogP contribution in [0.3, 0.4) is 0 Å². The van der Waals surface area contributed by atoms with Crippen molar-refractivity contribution in [3.8, 4) is 29.1 Å². The van der Waals surface area contributed by atoms with E-state index in [1.165, 1.54) is 38.5 Å². The lowest BCUT2D eigenvalue weighted by Gasteiger charge is -2.65. The Bertz CT molecular complexity index is 1960. The molecule has 3 aromatic carbocycles. The van der Waals surface area contributed by atoms with Crippen molar-refractivity contribution in [1.82, 2.24) is 14.7 Å². The molecule has 0 aromatic heterocycles. The van der Waals surface area contributed by atoms with Gasteiger partial charge in [0.1, 0.15) is 27.9 Å². The zero-order valence-corrected chi connectivity index (χ0v) is 30.0. The van der Waals surface area contributed by atoms with Crippen LogP contribution in [0.4, 0.5) is 5.69 Å². The third kappa shape index (κ3) is 5.19. The number of methoxy groups -OCH3 is 3. The third-order valence-electron chi connectivity index (χ3n) is 10.8.